The van der Waals surface area contributed by atoms with Crippen LogP contribution in [0.3, 0.4) is 0 Å². The number of hydrogen-bond donors (Lipinski definition) is 2. The minimum absolute atomic E-state index is 0.252. The second kappa shape index (κ2) is 3.26. The molecule has 0 aliphatic rings. The number of aromatic nitrogens is 1. The summed E-state index contributed by atoms with van der Waals surface area (Å²) in [5.41, 5.74) is 0.0552. The van der Waals surface area contributed by atoms with Gasteiger partial charge in [-0.1, -0.05) is 5.46 Å². The van der Waals surface area contributed by atoms with Crippen molar-refractivity contribution in [2.24, 2.45) is 0 Å². The van der Waals surface area contributed by atoms with Crippen LogP contribution in [-0.2, 0) is 0 Å². The highest BCUT2D eigenvalue weighted by Gasteiger charge is 2.10. The number of carboxylic acid groups (broad SMARTS) is 2. The van der Waals surface area contributed by atoms with Gasteiger partial charge in [-0.3, -0.25) is 0 Å². The van der Waals surface area contributed by atoms with Crippen molar-refractivity contribution in [2.45, 2.75) is 0 Å². The van der Waals surface area contributed by atoms with Crippen LogP contribution in [0, 0.1) is 0 Å². The van der Waals surface area contributed by atoms with Crippen LogP contribution >= 0.6 is 0 Å². The second-order valence-corrected chi connectivity index (χ2v) is 2.53. The average Bonchev–Trinajstić information content (AvgIpc) is 2.03. The van der Waals surface area contributed by atoms with Crippen molar-refractivity contribution in [3.8, 4) is 0 Å². The lowest BCUT2D eigenvalue weighted by Gasteiger charge is -1.98. The first-order chi connectivity index (χ1) is 6.00. The molecule has 0 radical (unpaired) electrons. The molecule has 0 atom stereocenters. The van der Waals surface area contributed by atoms with E-state index < -0.39 is 11.9 Å². The van der Waals surface area contributed by atoms with Crippen LogP contribution in [-0.4, -0.2) is 35.0 Å². The van der Waals surface area contributed by atoms with Crippen molar-refractivity contribution < 1.29 is 19.8 Å². The number of nitrogens with zero attached hydrogens (tertiary/aromatic N) is 1. The predicted molar refractivity (Wildman–Crippen MR) is 46.3 cm³/mol. The molecule has 1 aromatic heterocycles. The van der Waals surface area contributed by atoms with E-state index in [2.05, 4.69) is 4.98 Å². The van der Waals surface area contributed by atoms with E-state index >= 15 is 0 Å². The van der Waals surface area contributed by atoms with Gasteiger partial charge in [0.1, 0.15) is 19.2 Å². The Morgan fingerprint density at radius 1 is 1.15 bits per heavy atom. The molecule has 6 heteroatoms. The van der Waals surface area contributed by atoms with Crippen molar-refractivity contribution in [1.82, 2.24) is 4.98 Å². The zero-order valence-corrected chi connectivity index (χ0v) is 6.81. The molecule has 0 fully saturated rings. The first-order valence-corrected chi connectivity index (χ1v) is 3.46. The minimum atomic E-state index is -1.23. The van der Waals surface area contributed by atoms with E-state index in [9.17, 15) is 9.59 Å². The molecule has 2 N–H and O–H groups in total. The van der Waals surface area contributed by atoms with E-state index in [1.807, 2.05) is 0 Å². The SMILES string of the molecule is Bc1cc(C(=O)O)nc(C(=O)O)c1. The van der Waals surface area contributed by atoms with Gasteiger partial charge in [0.25, 0.3) is 0 Å². The van der Waals surface area contributed by atoms with E-state index in [1.165, 1.54) is 12.1 Å². The Balaban J connectivity index is 3.26. The quantitative estimate of drug-likeness (QED) is 0.553. The average molecular weight is 179 g/mol. The van der Waals surface area contributed by atoms with Gasteiger partial charge in [0.2, 0.25) is 0 Å². The lowest BCUT2D eigenvalue weighted by molar-refractivity contribution is 0.0685. The maximum atomic E-state index is 10.5. The largest absolute Gasteiger partial charge is 0.477 e. The summed E-state index contributed by atoms with van der Waals surface area (Å²) in [4.78, 5) is 24.4. The van der Waals surface area contributed by atoms with E-state index in [0.29, 0.717) is 5.46 Å². The van der Waals surface area contributed by atoms with Gasteiger partial charge < -0.3 is 10.2 Å². The molecule has 0 amide bonds. The number of pyridine rings is 1. The van der Waals surface area contributed by atoms with Gasteiger partial charge in [-0.15, -0.1) is 0 Å². The third-order valence-electron chi connectivity index (χ3n) is 1.41. The molecule has 1 heterocycles. The summed E-state index contributed by atoms with van der Waals surface area (Å²) in [6.45, 7) is 0. The summed E-state index contributed by atoms with van der Waals surface area (Å²) in [5, 5.41) is 17.1. The summed E-state index contributed by atoms with van der Waals surface area (Å²) in [5.74, 6) is -2.46. The molecule has 66 valence electrons. The molecule has 0 aliphatic heterocycles. The Bertz CT molecular complexity index is 345. The van der Waals surface area contributed by atoms with Crippen LogP contribution in [0.1, 0.15) is 21.0 Å². The standard InChI is InChI=1S/C7H6BNO4/c8-3-1-4(6(10)11)9-5(2-3)7(12)13/h1-2H,8H2,(H,10,11)(H,12,13). The summed E-state index contributed by atoms with van der Waals surface area (Å²) in [6.07, 6.45) is 0. The maximum absolute atomic E-state index is 10.5. The fourth-order valence-electron chi connectivity index (χ4n) is 0.886. The van der Waals surface area contributed by atoms with Crippen molar-refractivity contribution in [3.05, 3.63) is 23.5 Å². The van der Waals surface area contributed by atoms with Crippen LogP contribution in [0.15, 0.2) is 12.1 Å². The van der Waals surface area contributed by atoms with Crippen LogP contribution < -0.4 is 5.46 Å². The topological polar surface area (TPSA) is 87.5 Å². The van der Waals surface area contributed by atoms with Gasteiger partial charge in [-0.05, 0) is 12.1 Å². The van der Waals surface area contributed by atoms with Crippen LogP contribution in [0.2, 0.25) is 0 Å². The molecular weight excluding hydrogens is 173 g/mol. The first kappa shape index (κ1) is 9.24. The van der Waals surface area contributed by atoms with E-state index in [4.69, 9.17) is 10.2 Å². The highest BCUT2D eigenvalue weighted by atomic mass is 16.4. The Labute approximate surface area is 74.4 Å². The molecule has 0 spiro atoms. The molecule has 0 saturated heterocycles. The number of hydrogen-bond acceptors (Lipinski definition) is 3. The summed E-state index contributed by atoms with van der Waals surface area (Å²) >= 11 is 0. The van der Waals surface area contributed by atoms with E-state index in [1.54, 1.807) is 7.85 Å². The molecule has 0 unspecified atom stereocenters. The number of rotatable bonds is 2. The molecule has 1 aromatic rings. The monoisotopic (exact) mass is 179 g/mol. The molecular formula is C7H6BNO4. The molecule has 1 rings (SSSR count). The van der Waals surface area contributed by atoms with Gasteiger partial charge in [0, 0.05) is 0 Å². The lowest BCUT2D eigenvalue weighted by atomic mass is 9.95. The minimum Gasteiger partial charge on any atom is -0.477 e. The Hall–Kier alpha value is -1.85. The first-order valence-electron chi connectivity index (χ1n) is 3.46. The second-order valence-electron chi connectivity index (χ2n) is 2.53. The Morgan fingerprint density at radius 3 is 1.85 bits per heavy atom. The summed E-state index contributed by atoms with van der Waals surface area (Å²) in [7, 11) is 1.61. The molecule has 13 heavy (non-hydrogen) atoms. The number of carbonyl (C=O) groups is 2. The van der Waals surface area contributed by atoms with Gasteiger partial charge in [-0.2, -0.15) is 0 Å². The Kier molecular flexibility index (Phi) is 2.32. The van der Waals surface area contributed by atoms with Crippen molar-refractivity contribution >= 4 is 25.2 Å². The zero-order chi connectivity index (χ0) is 10.0. The van der Waals surface area contributed by atoms with E-state index in [-0.39, 0.29) is 11.4 Å². The fourth-order valence-corrected chi connectivity index (χ4v) is 0.886. The number of aromatic carboxylic acids is 2. The summed E-state index contributed by atoms with van der Waals surface area (Å²) in [6, 6.07) is 2.63. The van der Waals surface area contributed by atoms with Crippen molar-refractivity contribution in [2.75, 3.05) is 0 Å². The maximum Gasteiger partial charge on any atom is 0.354 e. The van der Waals surface area contributed by atoms with Gasteiger partial charge in [0.05, 0.1) is 0 Å². The third-order valence-corrected chi connectivity index (χ3v) is 1.41. The zero-order valence-electron chi connectivity index (χ0n) is 6.81. The molecule has 5 nitrogen and oxygen atoms in total. The smallest absolute Gasteiger partial charge is 0.354 e. The van der Waals surface area contributed by atoms with Crippen LogP contribution in [0.5, 0.6) is 0 Å². The molecule has 0 bridgehead atoms. The predicted octanol–water partition coefficient (Wildman–Crippen LogP) is -1.26. The fraction of sp³-hybridized carbons (Fsp3) is 0. The van der Waals surface area contributed by atoms with Crippen molar-refractivity contribution in [1.29, 1.82) is 0 Å². The van der Waals surface area contributed by atoms with Gasteiger partial charge in [0.15, 0.2) is 0 Å². The molecule has 0 saturated carbocycles. The highest BCUT2D eigenvalue weighted by Crippen LogP contribution is 1.96. The Morgan fingerprint density at radius 2 is 1.54 bits per heavy atom. The van der Waals surface area contributed by atoms with Crippen LogP contribution in [0.25, 0.3) is 0 Å². The van der Waals surface area contributed by atoms with Gasteiger partial charge in [-0.25, -0.2) is 14.6 Å². The normalized spacial score (nSPS) is 9.54. The summed E-state index contributed by atoms with van der Waals surface area (Å²) < 4.78 is 0. The van der Waals surface area contributed by atoms with Gasteiger partial charge >= 0.3 is 11.9 Å². The molecule has 0 aliphatic carbocycles. The van der Waals surface area contributed by atoms with E-state index in [0.717, 1.165) is 0 Å². The highest BCUT2D eigenvalue weighted by molar-refractivity contribution is 6.33. The lowest BCUT2D eigenvalue weighted by Crippen LogP contribution is -2.15. The molecule has 0 aromatic carbocycles. The van der Waals surface area contributed by atoms with Crippen LogP contribution in [0.4, 0.5) is 0 Å². The third kappa shape index (κ3) is 2.05. The van der Waals surface area contributed by atoms with Crippen molar-refractivity contribution in [3.63, 3.8) is 0 Å². The number of carboxylic acids is 2.